The largest absolute Gasteiger partial charge is 0.497 e. The van der Waals surface area contributed by atoms with E-state index >= 15 is 0 Å². The number of fused-ring (bicyclic) bond motifs is 1. The predicted octanol–water partition coefficient (Wildman–Crippen LogP) is 3.93. The Labute approximate surface area is 150 Å². The fourth-order valence-electron chi connectivity index (χ4n) is 2.53. The van der Waals surface area contributed by atoms with Gasteiger partial charge in [-0.05, 0) is 48.9 Å². The third-order valence-electron chi connectivity index (χ3n) is 3.71. The number of H-pyrrole nitrogens is 1. The molecule has 0 amide bonds. The van der Waals surface area contributed by atoms with E-state index in [2.05, 4.69) is 42.6 Å². The maximum absolute atomic E-state index is 5.28. The van der Waals surface area contributed by atoms with Crippen molar-refractivity contribution in [2.45, 2.75) is 13.0 Å². The second-order valence-corrected chi connectivity index (χ2v) is 6.47. The van der Waals surface area contributed by atoms with Gasteiger partial charge in [-0.15, -0.1) is 0 Å². The summed E-state index contributed by atoms with van der Waals surface area (Å²) < 4.78 is 6.31. The van der Waals surface area contributed by atoms with E-state index in [9.17, 15) is 0 Å². The summed E-state index contributed by atoms with van der Waals surface area (Å²) in [6.07, 6.45) is 1.02. The fourth-order valence-corrected chi connectivity index (χ4v) is 3.05. The molecule has 3 rings (SSSR count). The lowest BCUT2D eigenvalue weighted by Gasteiger charge is -2.08. The SMILES string of the molecule is COc1cc(Br)cc(CNCCCNc2nc3ccccc3[nH]2)c1. The lowest BCUT2D eigenvalue weighted by atomic mass is 10.2. The molecule has 0 saturated carbocycles. The predicted molar refractivity (Wildman–Crippen MR) is 102 cm³/mol. The number of nitrogens with zero attached hydrogens (tertiary/aromatic N) is 1. The molecule has 1 aromatic heterocycles. The molecule has 0 aliphatic carbocycles. The number of rotatable bonds is 8. The second kappa shape index (κ2) is 8.17. The minimum absolute atomic E-state index is 0.820. The lowest BCUT2D eigenvalue weighted by molar-refractivity contribution is 0.413. The van der Waals surface area contributed by atoms with Crippen molar-refractivity contribution in [3.8, 4) is 5.75 Å². The zero-order valence-corrected chi connectivity index (χ0v) is 15.2. The number of aromatic amines is 1. The van der Waals surface area contributed by atoms with Gasteiger partial charge < -0.3 is 20.4 Å². The van der Waals surface area contributed by atoms with Crippen LogP contribution in [0.15, 0.2) is 46.9 Å². The minimum Gasteiger partial charge on any atom is -0.497 e. The van der Waals surface area contributed by atoms with Gasteiger partial charge >= 0.3 is 0 Å². The number of halogens is 1. The van der Waals surface area contributed by atoms with Gasteiger partial charge in [-0.25, -0.2) is 4.98 Å². The highest BCUT2D eigenvalue weighted by Gasteiger charge is 2.01. The third-order valence-corrected chi connectivity index (χ3v) is 4.17. The van der Waals surface area contributed by atoms with Crippen LogP contribution in [0.25, 0.3) is 11.0 Å². The molecule has 0 saturated heterocycles. The van der Waals surface area contributed by atoms with Crippen LogP contribution in [0.2, 0.25) is 0 Å². The summed E-state index contributed by atoms with van der Waals surface area (Å²) in [4.78, 5) is 7.77. The monoisotopic (exact) mass is 388 g/mol. The van der Waals surface area contributed by atoms with Crippen LogP contribution in [0.4, 0.5) is 5.95 Å². The molecule has 0 unspecified atom stereocenters. The number of para-hydroxylation sites is 2. The van der Waals surface area contributed by atoms with Gasteiger partial charge in [-0.1, -0.05) is 28.1 Å². The first-order valence-electron chi connectivity index (χ1n) is 7.97. The van der Waals surface area contributed by atoms with Crippen molar-refractivity contribution < 1.29 is 4.74 Å². The van der Waals surface area contributed by atoms with Crippen molar-refractivity contribution in [3.05, 3.63) is 52.5 Å². The average molecular weight is 389 g/mol. The molecule has 3 aromatic rings. The minimum atomic E-state index is 0.820. The zero-order chi connectivity index (χ0) is 16.8. The Kier molecular flexibility index (Phi) is 5.72. The van der Waals surface area contributed by atoms with Crippen LogP contribution < -0.4 is 15.4 Å². The summed E-state index contributed by atoms with van der Waals surface area (Å²) in [5, 5.41) is 6.77. The molecule has 3 N–H and O–H groups in total. The standard InChI is InChI=1S/C18H21BrN4O/c1-24-15-10-13(9-14(19)11-15)12-20-7-4-8-21-18-22-16-5-2-3-6-17(16)23-18/h2-3,5-6,9-11,20H,4,7-8,12H2,1H3,(H2,21,22,23). The number of aromatic nitrogens is 2. The molecule has 126 valence electrons. The van der Waals surface area contributed by atoms with Gasteiger partial charge in [0.2, 0.25) is 5.95 Å². The number of methoxy groups -OCH3 is 1. The third kappa shape index (κ3) is 4.49. The van der Waals surface area contributed by atoms with Crippen molar-refractivity contribution in [2.24, 2.45) is 0 Å². The summed E-state index contributed by atoms with van der Waals surface area (Å²) in [7, 11) is 1.68. The molecule has 0 spiro atoms. The fraction of sp³-hybridized carbons (Fsp3) is 0.278. The molecule has 5 nitrogen and oxygen atoms in total. The molecule has 2 aromatic carbocycles. The topological polar surface area (TPSA) is 62.0 Å². The van der Waals surface area contributed by atoms with Gasteiger partial charge in [-0.3, -0.25) is 0 Å². The van der Waals surface area contributed by atoms with E-state index in [1.807, 2.05) is 36.4 Å². The van der Waals surface area contributed by atoms with Gasteiger partial charge in [0.05, 0.1) is 18.1 Å². The smallest absolute Gasteiger partial charge is 0.201 e. The highest BCUT2D eigenvalue weighted by Crippen LogP contribution is 2.21. The molecule has 0 radical (unpaired) electrons. The van der Waals surface area contributed by atoms with Crippen LogP contribution >= 0.6 is 15.9 Å². The molecule has 6 heteroatoms. The van der Waals surface area contributed by atoms with Gasteiger partial charge in [0.15, 0.2) is 0 Å². The number of hydrogen-bond acceptors (Lipinski definition) is 4. The van der Waals surface area contributed by atoms with Gasteiger partial charge in [0.25, 0.3) is 0 Å². The number of ether oxygens (including phenoxy) is 1. The number of benzene rings is 2. The summed E-state index contributed by atoms with van der Waals surface area (Å²) in [6, 6.07) is 14.1. The van der Waals surface area contributed by atoms with Crippen molar-refractivity contribution in [1.82, 2.24) is 15.3 Å². The van der Waals surface area contributed by atoms with E-state index in [1.54, 1.807) is 7.11 Å². The van der Waals surface area contributed by atoms with Crippen LogP contribution in [-0.4, -0.2) is 30.2 Å². The molecule has 24 heavy (non-hydrogen) atoms. The molecular weight excluding hydrogens is 368 g/mol. The zero-order valence-electron chi connectivity index (χ0n) is 13.6. The van der Waals surface area contributed by atoms with Crippen molar-refractivity contribution in [1.29, 1.82) is 0 Å². The van der Waals surface area contributed by atoms with E-state index in [0.717, 1.165) is 53.3 Å². The molecule has 0 aliphatic rings. The Morgan fingerprint density at radius 2 is 2.04 bits per heavy atom. The van der Waals surface area contributed by atoms with E-state index in [0.29, 0.717) is 0 Å². The Morgan fingerprint density at radius 1 is 1.17 bits per heavy atom. The quantitative estimate of drug-likeness (QED) is 0.511. The summed E-state index contributed by atoms with van der Waals surface area (Å²) in [5.41, 5.74) is 3.25. The summed E-state index contributed by atoms with van der Waals surface area (Å²) >= 11 is 3.50. The lowest BCUT2D eigenvalue weighted by Crippen LogP contribution is -2.18. The van der Waals surface area contributed by atoms with Crippen LogP contribution in [0.1, 0.15) is 12.0 Å². The Balaban J connectivity index is 1.39. The first-order chi connectivity index (χ1) is 11.7. The van der Waals surface area contributed by atoms with Crippen LogP contribution in [-0.2, 0) is 6.54 Å². The Hall–Kier alpha value is -2.05. The first kappa shape index (κ1) is 16.8. The number of imidazole rings is 1. The molecule has 1 heterocycles. The molecule has 0 atom stereocenters. The average Bonchev–Trinajstić information content (AvgIpc) is 3.00. The molecule has 0 aliphatic heterocycles. The van der Waals surface area contributed by atoms with Gasteiger partial charge in [0.1, 0.15) is 5.75 Å². The number of hydrogen-bond donors (Lipinski definition) is 3. The highest BCUT2D eigenvalue weighted by atomic mass is 79.9. The first-order valence-corrected chi connectivity index (χ1v) is 8.77. The van der Waals surface area contributed by atoms with Crippen molar-refractivity contribution >= 4 is 32.9 Å². The van der Waals surface area contributed by atoms with E-state index in [4.69, 9.17) is 4.74 Å². The maximum Gasteiger partial charge on any atom is 0.201 e. The number of nitrogens with one attached hydrogen (secondary N) is 3. The maximum atomic E-state index is 5.28. The van der Waals surface area contributed by atoms with E-state index in [-0.39, 0.29) is 0 Å². The second-order valence-electron chi connectivity index (χ2n) is 5.56. The van der Waals surface area contributed by atoms with E-state index < -0.39 is 0 Å². The Bertz CT molecular complexity index is 770. The van der Waals surface area contributed by atoms with Gasteiger partial charge in [-0.2, -0.15) is 0 Å². The van der Waals surface area contributed by atoms with Crippen LogP contribution in [0.5, 0.6) is 5.75 Å². The molecule has 0 bridgehead atoms. The van der Waals surface area contributed by atoms with Crippen LogP contribution in [0.3, 0.4) is 0 Å². The highest BCUT2D eigenvalue weighted by molar-refractivity contribution is 9.10. The van der Waals surface area contributed by atoms with Crippen LogP contribution in [0, 0.1) is 0 Å². The molecular formula is C18H21BrN4O. The number of anilines is 1. The molecule has 0 fully saturated rings. The van der Waals surface area contributed by atoms with E-state index in [1.165, 1.54) is 5.56 Å². The van der Waals surface area contributed by atoms with Gasteiger partial charge in [0, 0.05) is 17.6 Å². The Morgan fingerprint density at radius 3 is 2.88 bits per heavy atom. The van der Waals surface area contributed by atoms with Crippen molar-refractivity contribution in [2.75, 3.05) is 25.5 Å². The normalized spacial score (nSPS) is 10.9. The van der Waals surface area contributed by atoms with Crippen molar-refractivity contribution in [3.63, 3.8) is 0 Å². The summed E-state index contributed by atoms with van der Waals surface area (Å²) in [5.74, 6) is 1.70. The summed E-state index contributed by atoms with van der Waals surface area (Å²) in [6.45, 7) is 2.62.